The van der Waals surface area contributed by atoms with Crippen LogP contribution in [0.15, 0.2) is 77.7 Å². The Hall–Kier alpha value is -3.32. The van der Waals surface area contributed by atoms with E-state index in [0.29, 0.717) is 29.3 Å². The highest BCUT2D eigenvalue weighted by Gasteiger charge is 2.13. The Labute approximate surface area is 185 Å². The number of halogens is 1. The summed E-state index contributed by atoms with van der Waals surface area (Å²) in [4.78, 5) is 25.5. The fourth-order valence-electron chi connectivity index (χ4n) is 2.79. The number of ether oxygens (including phenoxy) is 1. The largest absolute Gasteiger partial charge is 0.492 e. The number of anilines is 1. The number of carbonyl (C=O) groups is 2. The number of hydrogen-bond donors (Lipinski definition) is 2. The van der Waals surface area contributed by atoms with Crippen molar-refractivity contribution in [2.75, 3.05) is 24.2 Å². The standard InChI is InChI=1S/C24H23FN2O3S/c1-17-5-4-6-20(15-17)30-14-13-26-24(29)21-7-2-3-8-22(21)31-16-23(28)27-19-11-9-18(25)10-12-19/h2-12,15H,13-14,16H2,1H3,(H,26,29)(H,27,28). The lowest BCUT2D eigenvalue weighted by Crippen LogP contribution is -2.28. The number of carbonyl (C=O) groups excluding carboxylic acids is 2. The van der Waals surface area contributed by atoms with Gasteiger partial charge in [0.15, 0.2) is 0 Å². The van der Waals surface area contributed by atoms with E-state index in [1.54, 1.807) is 18.2 Å². The van der Waals surface area contributed by atoms with Gasteiger partial charge < -0.3 is 15.4 Å². The van der Waals surface area contributed by atoms with Crippen molar-refractivity contribution in [3.05, 3.63) is 89.7 Å². The van der Waals surface area contributed by atoms with Crippen molar-refractivity contribution >= 4 is 29.3 Å². The first kappa shape index (κ1) is 22.4. The number of hydrogen-bond acceptors (Lipinski definition) is 4. The van der Waals surface area contributed by atoms with Crippen LogP contribution in [0.3, 0.4) is 0 Å². The number of rotatable bonds is 9. The molecule has 0 heterocycles. The van der Waals surface area contributed by atoms with Crippen molar-refractivity contribution in [2.45, 2.75) is 11.8 Å². The van der Waals surface area contributed by atoms with E-state index >= 15 is 0 Å². The Morgan fingerprint density at radius 1 is 1.00 bits per heavy atom. The van der Waals surface area contributed by atoms with Crippen LogP contribution >= 0.6 is 11.8 Å². The lowest BCUT2D eigenvalue weighted by molar-refractivity contribution is -0.113. The summed E-state index contributed by atoms with van der Waals surface area (Å²) in [6.07, 6.45) is 0. The maximum Gasteiger partial charge on any atom is 0.252 e. The minimum atomic E-state index is -0.364. The Morgan fingerprint density at radius 3 is 2.55 bits per heavy atom. The molecule has 31 heavy (non-hydrogen) atoms. The van der Waals surface area contributed by atoms with Gasteiger partial charge in [0.25, 0.3) is 5.91 Å². The van der Waals surface area contributed by atoms with E-state index in [9.17, 15) is 14.0 Å². The summed E-state index contributed by atoms with van der Waals surface area (Å²) in [6, 6.07) is 20.4. The molecule has 0 aliphatic carbocycles. The maximum absolute atomic E-state index is 13.0. The number of nitrogens with one attached hydrogen (secondary N) is 2. The second-order valence-electron chi connectivity index (χ2n) is 6.76. The van der Waals surface area contributed by atoms with E-state index in [0.717, 1.165) is 11.3 Å². The Bertz CT molecular complexity index is 1040. The molecule has 0 spiro atoms. The molecule has 3 rings (SSSR count). The third kappa shape index (κ3) is 7.15. The van der Waals surface area contributed by atoms with Crippen LogP contribution in [0, 0.1) is 12.7 Å². The first-order chi connectivity index (χ1) is 15.0. The lowest BCUT2D eigenvalue weighted by Gasteiger charge is -2.11. The highest BCUT2D eigenvalue weighted by Crippen LogP contribution is 2.23. The number of benzene rings is 3. The average Bonchev–Trinajstić information content (AvgIpc) is 2.77. The molecule has 0 saturated carbocycles. The molecule has 0 aliphatic heterocycles. The van der Waals surface area contributed by atoms with Crippen molar-refractivity contribution in [1.82, 2.24) is 5.32 Å². The van der Waals surface area contributed by atoms with Gasteiger partial charge in [-0.05, 0) is 61.0 Å². The molecule has 0 unspecified atom stereocenters. The fraction of sp³-hybridized carbons (Fsp3) is 0.167. The summed E-state index contributed by atoms with van der Waals surface area (Å²) in [7, 11) is 0. The molecule has 0 bridgehead atoms. The molecular weight excluding hydrogens is 415 g/mol. The summed E-state index contributed by atoms with van der Waals surface area (Å²) in [5, 5.41) is 5.55. The van der Waals surface area contributed by atoms with Crippen LogP contribution < -0.4 is 15.4 Å². The van der Waals surface area contributed by atoms with Crippen molar-refractivity contribution in [2.24, 2.45) is 0 Å². The second kappa shape index (κ2) is 11.2. The normalized spacial score (nSPS) is 10.4. The van der Waals surface area contributed by atoms with Gasteiger partial charge in [-0.2, -0.15) is 0 Å². The van der Waals surface area contributed by atoms with Crippen molar-refractivity contribution in [3.63, 3.8) is 0 Å². The predicted molar refractivity (Wildman–Crippen MR) is 121 cm³/mol. The first-order valence-electron chi connectivity index (χ1n) is 9.76. The third-order valence-electron chi connectivity index (χ3n) is 4.26. The van der Waals surface area contributed by atoms with Crippen molar-refractivity contribution in [3.8, 4) is 5.75 Å². The SMILES string of the molecule is Cc1cccc(OCCNC(=O)c2ccccc2SCC(=O)Nc2ccc(F)cc2)c1. The Morgan fingerprint density at radius 2 is 1.77 bits per heavy atom. The minimum absolute atomic E-state index is 0.123. The summed E-state index contributed by atoms with van der Waals surface area (Å²) >= 11 is 1.27. The summed E-state index contributed by atoms with van der Waals surface area (Å²) < 4.78 is 18.6. The molecule has 0 aromatic heterocycles. The molecule has 0 atom stereocenters. The molecule has 5 nitrogen and oxygen atoms in total. The van der Waals surface area contributed by atoms with Crippen LogP contribution in [-0.2, 0) is 4.79 Å². The lowest BCUT2D eigenvalue weighted by atomic mass is 10.2. The zero-order valence-corrected chi connectivity index (χ0v) is 17.9. The van der Waals surface area contributed by atoms with Gasteiger partial charge in [-0.3, -0.25) is 9.59 Å². The summed E-state index contributed by atoms with van der Waals surface area (Å²) in [6.45, 7) is 2.70. The van der Waals surface area contributed by atoms with E-state index in [4.69, 9.17) is 4.74 Å². The molecule has 0 aliphatic rings. The van der Waals surface area contributed by atoms with Crippen LogP contribution in [-0.4, -0.2) is 30.7 Å². The van der Waals surface area contributed by atoms with Crippen molar-refractivity contribution < 1.29 is 18.7 Å². The van der Waals surface area contributed by atoms with Gasteiger partial charge in [0.2, 0.25) is 5.91 Å². The zero-order valence-electron chi connectivity index (χ0n) is 17.1. The summed E-state index contributed by atoms with van der Waals surface area (Å²) in [5.41, 5.74) is 2.13. The topological polar surface area (TPSA) is 67.4 Å². The highest BCUT2D eigenvalue weighted by atomic mass is 32.2. The van der Waals surface area contributed by atoms with Gasteiger partial charge in [-0.1, -0.05) is 24.3 Å². The molecule has 3 aromatic rings. The van der Waals surface area contributed by atoms with Crippen LogP contribution in [0.4, 0.5) is 10.1 Å². The van der Waals surface area contributed by atoms with Gasteiger partial charge in [0.05, 0.1) is 17.9 Å². The molecule has 0 radical (unpaired) electrons. The van der Waals surface area contributed by atoms with E-state index in [1.165, 1.54) is 36.0 Å². The number of amides is 2. The quantitative estimate of drug-likeness (QED) is 0.376. The third-order valence-corrected chi connectivity index (χ3v) is 5.34. The van der Waals surface area contributed by atoms with Crippen LogP contribution in [0.5, 0.6) is 5.75 Å². The van der Waals surface area contributed by atoms with E-state index < -0.39 is 0 Å². The van der Waals surface area contributed by atoms with Gasteiger partial charge >= 0.3 is 0 Å². The molecule has 160 valence electrons. The molecule has 7 heteroatoms. The molecule has 0 saturated heterocycles. The van der Waals surface area contributed by atoms with Crippen LogP contribution in [0.25, 0.3) is 0 Å². The molecule has 3 aromatic carbocycles. The minimum Gasteiger partial charge on any atom is -0.492 e. The molecule has 0 fully saturated rings. The van der Waals surface area contributed by atoms with Gasteiger partial charge in [0.1, 0.15) is 18.2 Å². The van der Waals surface area contributed by atoms with Gasteiger partial charge in [-0.15, -0.1) is 11.8 Å². The van der Waals surface area contributed by atoms with E-state index in [-0.39, 0.29) is 23.4 Å². The summed E-state index contributed by atoms with van der Waals surface area (Å²) in [5.74, 6) is 0.0558. The average molecular weight is 439 g/mol. The van der Waals surface area contributed by atoms with Crippen molar-refractivity contribution in [1.29, 1.82) is 0 Å². The fourth-order valence-corrected chi connectivity index (χ4v) is 3.64. The number of thioether (sulfide) groups is 1. The highest BCUT2D eigenvalue weighted by molar-refractivity contribution is 8.00. The van der Waals surface area contributed by atoms with E-state index in [2.05, 4.69) is 10.6 Å². The Kier molecular flexibility index (Phi) is 8.06. The van der Waals surface area contributed by atoms with Gasteiger partial charge in [0, 0.05) is 10.6 Å². The van der Waals surface area contributed by atoms with Crippen LogP contribution in [0.1, 0.15) is 15.9 Å². The second-order valence-corrected chi connectivity index (χ2v) is 7.78. The smallest absolute Gasteiger partial charge is 0.252 e. The van der Waals surface area contributed by atoms with Crippen LogP contribution in [0.2, 0.25) is 0 Å². The molecule has 2 amide bonds. The monoisotopic (exact) mass is 438 g/mol. The predicted octanol–water partition coefficient (Wildman–Crippen LogP) is 4.67. The first-order valence-corrected chi connectivity index (χ1v) is 10.7. The zero-order chi connectivity index (χ0) is 22.1. The molecular formula is C24H23FN2O3S. The Balaban J connectivity index is 1.48. The number of aryl methyl sites for hydroxylation is 1. The molecule has 2 N–H and O–H groups in total. The maximum atomic E-state index is 13.0. The van der Waals surface area contributed by atoms with Gasteiger partial charge in [-0.25, -0.2) is 4.39 Å². The van der Waals surface area contributed by atoms with E-state index in [1.807, 2.05) is 37.3 Å².